The lowest BCUT2D eigenvalue weighted by Crippen LogP contribution is -2.12. The molecule has 0 saturated carbocycles. The van der Waals surface area contributed by atoms with Gasteiger partial charge in [-0.2, -0.15) is 0 Å². The lowest BCUT2D eigenvalue weighted by Gasteiger charge is -2.30. The maximum atomic E-state index is 7.05. The van der Waals surface area contributed by atoms with Crippen molar-refractivity contribution in [2.24, 2.45) is 0 Å². The zero-order valence-corrected chi connectivity index (χ0v) is 32.2. The summed E-state index contributed by atoms with van der Waals surface area (Å²) in [5.74, 6) is 0. The van der Waals surface area contributed by atoms with Gasteiger partial charge in [-0.25, -0.2) is 0 Å². The summed E-state index contributed by atoms with van der Waals surface area (Å²) in [6, 6.07) is 82.1. The molecule has 2 aromatic heterocycles. The molecule has 0 unspecified atom stereocenters. The second-order valence-corrected chi connectivity index (χ2v) is 14.9. The molecule has 11 aromatic rings. The average Bonchev–Trinajstić information content (AvgIpc) is 3.86. The number of hydrogen-bond acceptors (Lipinski definition) is 2. The highest BCUT2D eigenvalue weighted by molar-refractivity contribution is 6.19. The lowest BCUT2D eigenvalue weighted by atomic mass is 9.97. The van der Waals surface area contributed by atoms with Crippen LogP contribution in [0.5, 0.6) is 0 Å². The number of rotatable bonds is 8. The van der Waals surface area contributed by atoms with Crippen LogP contribution in [0.2, 0.25) is 0 Å². The fourth-order valence-electron chi connectivity index (χ4n) is 8.67. The first kappa shape index (κ1) is 34.4. The van der Waals surface area contributed by atoms with Crippen molar-refractivity contribution < 1.29 is 4.42 Å². The van der Waals surface area contributed by atoms with Gasteiger partial charge in [0, 0.05) is 38.8 Å². The minimum absolute atomic E-state index is 0.867. The molecule has 0 atom stereocenters. The standard InChI is InChI=1S/C56H38N2O/c1-4-17-39(18-5-1)40-31-33-41(34-32-40)42-35-37-45(38-36-42)57(51-28-13-10-23-46(51)43-19-6-2-7-20-43)52-29-14-11-24-47(52)48-26-16-27-50-54-56(59-55(48)50)49-25-12-15-30-53(49)58(54)44-21-8-3-9-22-44/h1-38H. The molecule has 0 amide bonds. The van der Waals surface area contributed by atoms with Crippen molar-refractivity contribution in [1.29, 1.82) is 0 Å². The van der Waals surface area contributed by atoms with Gasteiger partial charge in [0.25, 0.3) is 0 Å². The highest BCUT2D eigenvalue weighted by atomic mass is 16.3. The molecule has 3 nitrogen and oxygen atoms in total. The summed E-state index contributed by atoms with van der Waals surface area (Å²) in [6.45, 7) is 0. The van der Waals surface area contributed by atoms with E-state index in [2.05, 4.69) is 240 Å². The van der Waals surface area contributed by atoms with E-state index in [1.165, 1.54) is 16.7 Å². The number of anilines is 3. The normalized spacial score (nSPS) is 11.4. The van der Waals surface area contributed by atoms with Crippen LogP contribution < -0.4 is 4.90 Å². The van der Waals surface area contributed by atoms with E-state index < -0.39 is 0 Å². The number of furan rings is 1. The Morgan fingerprint density at radius 3 is 1.47 bits per heavy atom. The minimum Gasteiger partial charge on any atom is -0.453 e. The molecule has 0 aliphatic heterocycles. The van der Waals surface area contributed by atoms with Crippen molar-refractivity contribution in [3.63, 3.8) is 0 Å². The quantitative estimate of drug-likeness (QED) is 0.154. The largest absolute Gasteiger partial charge is 0.453 e. The fourth-order valence-corrected chi connectivity index (χ4v) is 8.67. The second kappa shape index (κ2) is 14.6. The SMILES string of the molecule is c1ccc(-c2ccc(-c3ccc(N(c4ccccc4-c4ccccc4)c4ccccc4-c4cccc5c4oc4c6ccccc6n(-c6ccccc6)c54)cc3)cc2)cc1. The molecule has 59 heavy (non-hydrogen) atoms. The Hall–Kier alpha value is -7.88. The van der Waals surface area contributed by atoms with Gasteiger partial charge >= 0.3 is 0 Å². The van der Waals surface area contributed by atoms with Crippen molar-refractivity contribution >= 4 is 50.0 Å². The molecule has 0 aliphatic carbocycles. The van der Waals surface area contributed by atoms with Gasteiger partial charge in [0.05, 0.1) is 16.9 Å². The van der Waals surface area contributed by atoms with Gasteiger partial charge in [-0.05, 0) is 82.4 Å². The van der Waals surface area contributed by atoms with E-state index in [4.69, 9.17) is 4.42 Å². The Bertz CT molecular complexity index is 3240. The molecule has 278 valence electrons. The van der Waals surface area contributed by atoms with Crippen LogP contribution in [0, 0.1) is 0 Å². The Labute approximate surface area is 343 Å². The topological polar surface area (TPSA) is 21.3 Å². The zero-order chi connectivity index (χ0) is 39.1. The van der Waals surface area contributed by atoms with Crippen molar-refractivity contribution in [3.05, 3.63) is 231 Å². The molecule has 3 heteroatoms. The molecule has 0 aliphatic rings. The Kier molecular flexibility index (Phi) is 8.49. The summed E-state index contributed by atoms with van der Waals surface area (Å²) in [7, 11) is 0. The summed E-state index contributed by atoms with van der Waals surface area (Å²) in [4.78, 5) is 2.40. The number of fused-ring (bicyclic) bond motifs is 5. The van der Waals surface area contributed by atoms with E-state index in [9.17, 15) is 0 Å². The minimum atomic E-state index is 0.867. The van der Waals surface area contributed by atoms with Crippen molar-refractivity contribution in [3.8, 4) is 50.2 Å². The number of benzene rings is 9. The second-order valence-electron chi connectivity index (χ2n) is 14.9. The van der Waals surface area contributed by atoms with Gasteiger partial charge in [0.2, 0.25) is 0 Å². The van der Waals surface area contributed by atoms with Crippen LogP contribution in [0.25, 0.3) is 83.2 Å². The fraction of sp³-hybridized carbons (Fsp3) is 0. The van der Waals surface area contributed by atoms with Gasteiger partial charge in [-0.15, -0.1) is 0 Å². The molecule has 2 heterocycles. The van der Waals surface area contributed by atoms with Crippen LogP contribution in [0.3, 0.4) is 0 Å². The monoisotopic (exact) mass is 754 g/mol. The highest BCUT2D eigenvalue weighted by Gasteiger charge is 2.25. The van der Waals surface area contributed by atoms with E-state index in [0.717, 1.165) is 83.5 Å². The van der Waals surface area contributed by atoms with Crippen LogP contribution in [-0.4, -0.2) is 4.57 Å². The smallest absolute Gasteiger partial charge is 0.161 e. The van der Waals surface area contributed by atoms with Crippen LogP contribution in [-0.2, 0) is 0 Å². The maximum Gasteiger partial charge on any atom is 0.161 e. The summed E-state index contributed by atoms with van der Waals surface area (Å²) in [5.41, 5.74) is 17.4. The molecule has 0 spiro atoms. The third kappa shape index (κ3) is 6.00. The average molecular weight is 755 g/mol. The van der Waals surface area contributed by atoms with Gasteiger partial charge < -0.3 is 13.9 Å². The summed E-state index contributed by atoms with van der Waals surface area (Å²) in [5, 5.41) is 2.17. The van der Waals surface area contributed by atoms with Gasteiger partial charge in [0.15, 0.2) is 5.58 Å². The number of nitrogens with zero attached hydrogens (tertiary/aromatic N) is 2. The Morgan fingerprint density at radius 1 is 0.322 bits per heavy atom. The van der Waals surface area contributed by atoms with Crippen molar-refractivity contribution in [1.82, 2.24) is 4.57 Å². The molecule has 0 bridgehead atoms. The first-order valence-corrected chi connectivity index (χ1v) is 20.1. The highest BCUT2D eigenvalue weighted by Crippen LogP contribution is 2.48. The van der Waals surface area contributed by atoms with Crippen LogP contribution in [0.4, 0.5) is 17.1 Å². The van der Waals surface area contributed by atoms with E-state index in [1.807, 2.05) is 0 Å². The summed E-state index contributed by atoms with van der Waals surface area (Å²) >= 11 is 0. The Balaban J connectivity index is 1.09. The first-order valence-electron chi connectivity index (χ1n) is 20.1. The van der Waals surface area contributed by atoms with Gasteiger partial charge in [0.1, 0.15) is 11.1 Å². The Morgan fingerprint density at radius 2 is 0.797 bits per heavy atom. The van der Waals surface area contributed by atoms with Crippen LogP contribution in [0.1, 0.15) is 0 Å². The molecule has 9 aromatic carbocycles. The lowest BCUT2D eigenvalue weighted by molar-refractivity contribution is 0.674. The molecular weight excluding hydrogens is 717 g/mol. The summed E-state index contributed by atoms with van der Waals surface area (Å²) < 4.78 is 9.39. The van der Waals surface area contributed by atoms with Crippen LogP contribution >= 0.6 is 0 Å². The predicted molar refractivity (Wildman–Crippen MR) is 247 cm³/mol. The van der Waals surface area contributed by atoms with E-state index >= 15 is 0 Å². The van der Waals surface area contributed by atoms with Crippen molar-refractivity contribution in [2.45, 2.75) is 0 Å². The molecule has 11 rings (SSSR count). The molecule has 0 N–H and O–H groups in total. The molecule has 0 saturated heterocycles. The summed E-state index contributed by atoms with van der Waals surface area (Å²) in [6.07, 6.45) is 0. The molecule has 0 fully saturated rings. The van der Waals surface area contributed by atoms with Gasteiger partial charge in [-0.1, -0.05) is 176 Å². The maximum absolute atomic E-state index is 7.05. The van der Waals surface area contributed by atoms with E-state index in [0.29, 0.717) is 0 Å². The van der Waals surface area contributed by atoms with Crippen molar-refractivity contribution in [2.75, 3.05) is 4.90 Å². The van der Waals surface area contributed by atoms with E-state index in [-0.39, 0.29) is 0 Å². The molecule has 0 radical (unpaired) electrons. The number of para-hydroxylation sites is 5. The first-order chi connectivity index (χ1) is 29.3. The van der Waals surface area contributed by atoms with Gasteiger partial charge in [-0.3, -0.25) is 0 Å². The van der Waals surface area contributed by atoms with E-state index in [1.54, 1.807) is 0 Å². The zero-order valence-electron chi connectivity index (χ0n) is 32.2. The predicted octanol–water partition coefficient (Wildman–Crippen LogP) is 15.7. The van der Waals surface area contributed by atoms with Crippen LogP contribution in [0.15, 0.2) is 235 Å². The number of hydrogen-bond donors (Lipinski definition) is 0. The third-order valence-electron chi connectivity index (χ3n) is 11.4. The third-order valence-corrected chi connectivity index (χ3v) is 11.4. The molecular formula is C56H38N2O. The number of aromatic nitrogens is 1.